The van der Waals surface area contributed by atoms with Gasteiger partial charge in [-0.2, -0.15) is 0 Å². The lowest BCUT2D eigenvalue weighted by atomic mass is 10.2. The Labute approximate surface area is 69.7 Å². The lowest BCUT2D eigenvalue weighted by Crippen LogP contribution is -2.20. The molecule has 0 aromatic carbocycles. The Kier molecular flexibility index (Phi) is 10.8. The molecular formula is C9H19NO. The predicted octanol–water partition coefficient (Wildman–Crippen LogP) is 2.11. The first-order chi connectivity index (χ1) is 5.13. The summed E-state index contributed by atoms with van der Waals surface area (Å²) in [5.74, 6) is 0.0243. The minimum absolute atomic E-state index is 0.0243. The number of amides is 1. The first kappa shape index (κ1) is 12.8. The fourth-order valence-corrected chi connectivity index (χ4v) is 0.452. The van der Waals surface area contributed by atoms with Crippen LogP contribution in [-0.2, 0) is 4.79 Å². The van der Waals surface area contributed by atoms with Gasteiger partial charge >= 0.3 is 0 Å². The number of carbonyl (C=O) groups is 1. The molecule has 2 nitrogen and oxygen atoms in total. The van der Waals surface area contributed by atoms with Crippen LogP contribution in [0.5, 0.6) is 0 Å². The van der Waals surface area contributed by atoms with Gasteiger partial charge in [0.25, 0.3) is 0 Å². The summed E-state index contributed by atoms with van der Waals surface area (Å²) >= 11 is 0. The van der Waals surface area contributed by atoms with E-state index in [9.17, 15) is 4.79 Å². The molecule has 0 aliphatic carbocycles. The molecule has 0 aromatic rings. The second-order valence-electron chi connectivity index (χ2n) is 2.19. The Morgan fingerprint density at radius 2 is 1.82 bits per heavy atom. The first-order valence-corrected chi connectivity index (χ1v) is 4.01. The maximum Gasteiger partial charge on any atom is 0.216 e. The summed E-state index contributed by atoms with van der Waals surface area (Å²) in [4.78, 5) is 10.3. The van der Waals surface area contributed by atoms with Crippen molar-refractivity contribution in [2.24, 2.45) is 0 Å². The van der Waals surface area contributed by atoms with Gasteiger partial charge in [-0.3, -0.25) is 4.79 Å². The summed E-state index contributed by atoms with van der Waals surface area (Å²) in [6.45, 7) is 11.9. The normalized spacial score (nSPS) is 7.64. The SMILES string of the molecule is C=C(C)CCNC(C)=O.CC. The zero-order valence-electron chi connectivity index (χ0n) is 8.03. The van der Waals surface area contributed by atoms with Crippen LogP contribution in [-0.4, -0.2) is 12.5 Å². The van der Waals surface area contributed by atoms with E-state index in [1.807, 2.05) is 20.8 Å². The standard InChI is InChI=1S/C7H13NO.C2H6/c1-6(2)4-5-8-7(3)9;1-2/h1,4-5H2,2-3H3,(H,8,9);1-2H3. The van der Waals surface area contributed by atoms with E-state index in [0.717, 1.165) is 12.0 Å². The molecule has 0 saturated heterocycles. The zero-order valence-corrected chi connectivity index (χ0v) is 8.03. The van der Waals surface area contributed by atoms with Crippen molar-refractivity contribution >= 4 is 5.91 Å². The highest BCUT2D eigenvalue weighted by Gasteiger charge is 1.88. The van der Waals surface area contributed by atoms with Crippen molar-refractivity contribution in [2.45, 2.75) is 34.1 Å². The van der Waals surface area contributed by atoms with Gasteiger partial charge in [0.2, 0.25) is 5.91 Å². The summed E-state index contributed by atoms with van der Waals surface area (Å²) in [7, 11) is 0. The average molecular weight is 157 g/mol. The molecule has 0 heterocycles. The van der Waals surface area contributed by atoms with Gasteiger partial charge < -0.3 is 5.32 Å². The maximum atomic E-state index is 10.3. The van der Waals surface area contributed by atoms with Gasteiger partial charge in [0.15, 0.2) is 0 Å². The molecule has 0 aromatic heterocycles. The van der Waals surface area contributed by atoms with E-state index in [-0.39, 0.29) is 5.91 Å². The molecule has 0 aliphatic rings. The van der Waals surface area contributed by atoms with E-state index < -0.39 is 0 Å². The summed E-state index contributed by atoms with van der Waals surface area (Å²) < 4.78 is 0. The van der Waals surface area contributed by atoms with Crippen LogP contribution in [0.25, 0.3) is 0 Å². The highest BCUT2D eigenvalue weighted by atomic mass is 16.1. The Hall–Kier alpha value is -0.790. The number of rotatable bonds is 3. The second kappa shape index (κ2) is 9.21. The fourth-order valence-electron chi connectivity index (χ4n) is 0.452. The van der Waals surface area contributed by atoms with Gasteiger partial charge in [0, 0.05) is 13.5 Å². The lowest BCUT2D eigenvalue weighted by Gasteiger charge is -1.99. The Morgan fingerprint density at radius 3 is 2.09 bits per heavy atom. The van der Waals surface area contributed by atoms with Crippen molar-refractivity contribution < 1.29 is 4.79 Å². The van der Waals surface area contributed by atoms with Gasteiger partial charge in [-0.15, -0.1) is 6.58 Å². The molecule has 0 fully saturated rings. The largest absolute Gasteiger partial charge is 0.356 e. The molecule has 0 aliphatic heterocycles. The van der Waals surface area contributed by atoms with E-state index in [4.69, 9.17) is 0 Å². The zero-order chi connectivity index (χ0) is 9.28. The molecule has 0 radical (unpaired) electrons. The summed E-state index contributed by atoms with van der Waals surface area (Å²) in [6, 6.07) is 0. The highest BCUT2D eigenvalue weighted by molar-refractivity contribution is 5.72. The Bertz CT molecular complexity index is 105. The van der Waals surface area contributed by atoms with Gasteiger partial charge in [-0.25, -0.2) is 0 Å². The fraction of sp³-hybridized carbons (Fsp3) is 0.667. The molecule has 0 spiro atoms. The van der Waals surface area contributed by atoms with Crippen LogP contribution in [0.1, 0.15) is 34.1 Å². The minimum atomic E-state index is 0.0243. The van der Waals surface area contributed by atoms with E-state index in [0.29, 0.717) is 6.54 Å². The molecule has 0 bridgehead atoms. The maximum absolute atomic E-state index is 10.3. The summed E-state index contributed by atoms with van der Waals surface area (Å²) in [6.07, 6.45) is 0.875. The van der Waals surface area contributed by atoms with Gasteiger partial charge in [-0.05, 0) is 13.3 Å². The predicted molar refractivity (Wildman–Crippen MR) is 49.5 cm³/mol. The number of carbonyl (C=O) groups excluding carboxylic acids is 1. The number of hydrogen-bond acceptors (Lipinski definition) is 1. The molecule has 0 atom stereocenters. The van der Waals surface area contributed by atoms with Crippen molar-refractivity contribution in [1.29, 1.82) is 0 Å². The third-order valence-corrected chi connectivity index (χ3v) is 0.926. The molecule has 1 amide bonds. The molecular weight excluding hydrogens is 138 g/mol. The molecule has 11 heavy (non-hydrogen) atoms. The van der Waals surface area contributed by atoms with E-state index in [1.165, 1.54) is 6.92 Å². The van der Waals surface area contributed by atoms with E-state index in [2.05, 4.69) is 11.9 Å². The summed E-state index contributed by atoms with van der Waals surface area (Å²) in [5.41, 5.74) is 1.10. The lowest BCUT2D eigenvalue weighted by molar-refractivity contribution is -0.118. The van der Waals surface area contributed by atoms with Crippen LogP contribution in [0.4, 0.5) is 0 Å². The topological polar surface area (TPSA) is 29.1 Å². The van der Waals surface area contributed by atoms with Crippen LogP contribution in [0.15, 0.2) is 12.2 Å². The monoisotopic (exact) mass is 157 g/mol. The molecule has 0 saturated carbocycles. The number of hydrogen-bond donors (Lipinski definition) is 1. The average Bonchev–Trinajstić information content (AvgIpc) is 1.90. The third kappa shape index (κ3) is 17.6. The van der Waals surface area contributed by atoms with Crippen LogP contribution in [0.2, 0.25) is 0 Å². The van der Waals surface area contributed by atoms with Crippen molar-refractivity contribution in [3.63, 3.8) is 0 Å². The molecule has 2 heteroatoms. The molecule has 0 rings (SSSR count). The number of nitrogens with one attached hydrogen (secondary N) is 1. The van der Waals surface area contributed by atoms with E-state index in [1.54, 1.807) is 0 Å². The first-order valence-electron chi connectivity index (χ1n) is 4.01. The quantitative estimate of drug-likeness (QED) is 0.625. The van der Waals surface area contributed by atoms with E-state index >= 15 is 0 Å². The van der Waals surface area contributed by atoms with Crippen LogP contribution in [0.3, 0.4) is 0 Å². The molecule has 1 N–H and O–H groups in total. The smallest absolute Gasteiger partial charge is 0.216 e. The van der Waals surface area contributed by atoms with Gasteiger partial charge in [0.05, 0.1) is 0 Å². The van der Waals surface area contributed by atoms with Crippen LogP contribution >= 0.6 is 0 Å². The summed E-state index contributed by atoms with van der Waals surface area (Å²) in [5, 5.41) is 2.68. The van der Waals surface area contributed by atoms with Crippen molar-refractivity contribution in [1.82, 2.24) is 5.32 Å². The van der Waals surface area contributed by atoms with Crippen LogP contribution < -0.4 is 5.32 Å². The minimum Gasteiger partial charge on any atom is -0.356 e. The van der Waals surface area contributed by atoms with Crippen molar-refractivity contribution in [3.8, 4) is 0 Å². The highest BCUT2D eigenvalue weighted by Crippen LogP contribution is 1.91. The molecule has 66 valence electrons. The van der Waals surface area contributed by atoms with Crippen molar-refractivity contribution in [3.05, 3.63) is 12.2 Å². The van der Waals surface area contributed by atoms with Crippen LogP contribution in [0, 0.1) is 0 Å². The van der Waals surface area contributed by atoms with Crippen molar-refractivity contribution in [2.75, 3.05) is 6.54 Å². The second-order valence-corrected chi connectivity index (χ2v) is 2.19. The molecule has 0 unspecified atom stereocenters. The Morgan fingerprint density at radius 1 is 1.36 bits per heavy atom. The third-order valence-electron chi connectivity index (χ3n) is 0.926. The Balaban J connectivity index is 0. The van der Waals surface area contributed by atoms with Gasteiger partial charge in [0.1, 0.15) is 0 Å². The van der Waals surface area contributed by atoms with Gasteiger partial charge in [-0.1, -0.05) is 19.4 Å².